The van der Waals surface area contributed by atoms with Gasteiger partial charge in [-0.25, -0.2) is 0 Å². The molecule has 2 aliphatic rings. The lowest BCUT2D eigenvalue weighted by Gasteiger charge is -2.38. The normalized spacial score (nSPS) is 29.8. The van der Waals surface area contributed by atoms with E-state index in [0.717, 1.165) is 12.8 Å². The van der Waals surface area contributed by atoms with E-state index in [0.29, 0.717) is 18.6 Å². The smallest absolute Gasteiger partial charge is 0.0687 e. The summed E-state index contributed by atoms with van der Waals surface area (Å²) < 4.78 is 6.43. The summed E-state index contributed by atoms with van der Waals surface area (Å²) in [5.74, 6) is 0.397. The molecular formula is C16H31NO2. The minimum absolute atomic E-state index is 0.162. The van der Waals surface area contributed by atoms with Gasteiger partial charge in [0.15, 0.2) is 0 Å². The Morgan fingerprint density at radius 2 is 1.95 bits per heavy atom. The number of aliphatic hydroxyl groups excluding tert-OH is 1. The molecule has 2 unspecified atom stereocenters. The molecule has 0 aromatic carbocycles. The molecule has 1 heterocycles. The summed E-state index contributed by atoms with van der Waals surface area (Å²) in [4.78, 5) is 0. The zero-order valence-corrected chi connectivity index (χ0v) is 12.7. The van der Waals surface area contributed by atoms with Crippen molar-refractivity contribution in [2.24, 2.45) is 17.1 Å². The topological polar surface area (TPSA) is 55.5 Å². The van der Waals surface area contributed by atoms with Crippen LogP contribution in [0.25, 0.3) is 0 Å². The van der Waals surface area contributed by atoms with Gasteiger partial charge in [0.2, 0.25) is 0 Å². The number of ether oxygens (including phenoxy) is 1. The van der Waals surface area contributed by atoms with Crippen molar-refractivity contribution < 1.29 is 9.84 Å². The van der Waals surface area contributed by atoms with Crippen molar-refractivity contribution in [2.45, 2.75) is 76.9 Å². The molecule has 0 radical (unpaired) electrons. The highest BCUT2D eigenvalue weighted by molar-refractivity contribution is 4.94. The van der Waals surface area contributed by atoms with Gasteiger partial charge in [-0.15, -0.1) is 0 Å². The molecule has 2 atom stereocenters. The summed E-state index contributed by atoms with van der Waals surface area (Å²) in [7, 11) is 0. The molecule has 0 amide bonds. The third kappa shape index (κ3) is 3.14. The van der Waals surface area contributed by atoms with Crippen LogP contribution in [0.2, 0.25) is 0 Å². The maximum Gasteiger partial charge on any atom is 0.0687 e. The summed E-state index contributed by atoms with van der Waals surface area (Å²) in [5, 5.41) is 9.77. The Balaban J connectivity index is 1.96. The van der Waals surface area contributed by atoms with E-state index in [1.165, 1.54) is 38.5 Å². The molecule has 0 aromatic heterocycles. The van der Waals surface area contributed by atoms with Crippen LogP contribution in [0.5, 0.6) is 0 Å². The second kappa shape index (κ2) is 6.11. The maximum atomic E-state index is 9.77. The van der Waals surface area contributed by atoms with Crippen LogP contribution < -0.4 is 5.73 Å². The minimum Gasteiger partial charge on any atom is -0.396 e. The Labute approximate surface area is 117 Å². The third-order valence-corrected chi connectivity index (χ3v) is 5.68. The van der Waals surface area contributed by atoms with E-state index >= 15 is 0 Å². The molecule has 0 aromatic rings. The molecule has 1 spiro atoms. The predicted molar refractivity (Wildman–Crippen MR) is 78.0 cm³/mol. The lowest BCUT2D eigenvalue weighted by Crippen LogP contribution is -2.42. The zero-order chi connectivity index (χ0) is 13.9. The van der Waals surface area contributed by atoms with Crippen LogP contribution in [-0.4, -0.2) is 30.0 Å². The molecule has 2 fully saturated rings. The van der Waals surface area contributed by atoms with Crippen molar-refractivity contribution in [3.8, 4) is 0 Å². The molecule has 2 rings (SSSR count). The summed E-state index contributed by atoms with van der Waals surface area (Å²) in [5.41, 5.74) is 5.97. The summed E-state index contributed by atoms with van der Waals surface area (Å²) in [6.07, 6.45) is 10.1. The quantitative estimate of drug-likeness (QED) is 0.807. The van der Waals surface area contributed by atoms with E-state index in [9.17, 15) is 5.11 Å². The zero-order valence-electron chi connectivity index (χ0n) is 12.7. The fourth-order valence-electron chi connectivity index (χ4n) is 3.92. The molecule has 1 aliphatic heterocycles. The van der Waals surface area contributed by atoms with E-state index < -0.39 is 0 Å². The van der Waals surface area contributed by atoms with E-state index in [1.54, 1.807) is 0 Å². The second-order valence-corrected chi connectivity index (χ2v) is 7.11. The molecule has 19 heavy (non-hydrogen) atoms. The molecular weight excluding hydrogens is 238 g/mol. The first kappa shape index (κ1) is 15.3. The standard InChI is InChI=1S/C16H31NO2/c1-13(2)15(11-17,12-18)10-14-6-9-16(19-14)7-4-3-5-8-16/h13-14,18H,3-12,17H2,1-2H3. The number of nitrogens with two attached hydrogens (primary N) is 1. The van der Waals surface area contributed by atoms with Gasteiger partial charge in [0.05, 0.1) is 18.3 Å². The van der Waals surface area contributed by atoms with Crippen LogP contribution in [-0.2, 0) is 4.74 Å². The molecule has 1 aliphatic carbocycles. The van der Waals surface area contributed by atoms with Gasteiger partial charge in [0.25, 0.3) is 0 Å². The van der Waals surface area contributed by atoms with Crippen molar-refractivity contribution in [1.82, 2.24) is 0 Å². The average molecular weight is 269 g/mol. The minimum atomic E-state index is -0.162. The fraction of sp³-hybridized carbons (Fsp3) is 1.00. The second-order valence-electron chi connectivity index (χ2n) is 7.11. The van der Waals surface area contributed by atoms with Crippen LogP contribution >= 0.6 is 0 Å². The molecule has 1 saturated heterocycles. The largest absolute Gasteiger partial charge is 0.396 e. The van der Waals surface area contributed by atoms with Crippen LogP contribution in [0.1, 0.15) is 65.2 Å². The van der Waals surface area contributed by atoms with Crippen molar-refractivity contribution in [1.29, 1.82) is 0 Å². The van der Waals surface area contributed by atoms with E-state index in [-0.39, 0.29) is 17.6 Å². The van der Waals surface area contributed by atoms with Crippen LogP contribution in [0.4, 0.5) is 0 Å². The van der Waals surface area contributed by atoms with Crippen molar-refractivity contribution >= 4 is 0 Å². The number of hydrogen-bond donors (Lipinski definition) is 2. The van der Waals surface area contributed by atoms with Gasteiger partial charge in [-0.1, -0.05) is 33.1 Å². The van der Waals surface area contributed by atoms with Gasteiger partial charge in [0.1, 0.15) is 0 Å². The first-order chi connectivity index (χ1) is 9.06. The Hall–Kier alpha value is -0.120. The van der Waals surface area contributed by atoms with Gasteiger partial charge < -0.3 is 15.6 Å². The van der Waals surface area contributed by atoms with Gasteiger partial charge in [0, 0.05) is 12.0 Å². The first-order valence-corrected chi connectivity index (χ1v) is 8.05. The third-order valence-electron chi connectivity index (χ3n) is 5.68. The lowest BCUT2D eigenvalue weighted by atomic mass is 9.73. The number of rotatable bonds is 5. The highest BCUT2D eigenvalue weighted by Crippen LogP contribution is 2.45. The Bertz CT molecular complexity index is 280. The average Bonchev–Trinajstić information content (AvgIpc) is 2.79. The number of hydrogen-bond acceptors (Lipinski definition) is 3. The molecule has 3 heteroatoms. The Morgan fingerprint density at radius 1 is 1.26 bits per heavy atom. The molecule has 0 bridgehead atoms. The van der Waals surface area contributed by atoms with E-state index in [2.05, 4.69) is 13.8 Å². The Morgan fingerprint density at radius 3 is 2.47 bits per heavy atom. The number of aliphatic hydroxyl groups is 1. The van der Waals surface area contributed by atoms with Crippen molar-refractivity contribution in [3.63, 3.8) is 0 Å². The summed E-state index contributed by atoms with van der Waals surface area (Å²) in [6, 6.07) is 0. The molecule has 112 valence electrons. The van der Waals surface area contributed by atoms with Crippen LogP contribution in [0, 0.1) is 11.3 Å². The van der Waals surface area contributed by atoms with Gasteiger partial charge >= 0.3 is 0 Å². The molecule has 3 N–H and O–H groups in total. The Kier molecular flexibility index (Phi) is 4.91. The van der Waals surface area contributed by atoms with Crippen molar-refractivity contribution in [3.05, 3.63) is 0 Å². The van der Waals surface area contributed by atoms with Crippen molar-refractivity contribution in [2.75, 3.05) is 13.2 Å². The first-order valence-electron chi connectivity index (χ1n) is 8.05. The fourth-order valence-corrected chi connectivity index (χ4v) is 3.92. The van der Waals surface area contributed by atoms with E-state index in [4.69, 9.17) is 10.5 Å². The monoisotopic (exact) mass is 269 g/mol. The summed E-state index contributed by atoms with van der Waals surface area (Å²) >= 11 is 0. The van der Waals surface area contributed by atoms with Crippen LogP contribution in [0.15, 0.2) is 0 Å². The molecule has 3 nitrogen and oxygen atoms in total. The lowest BCUT2D eigenvalue weighted by molar-refractivity contribution is -0.0859. The highest BCUT2D eigenvalue weighted by atomic mass is 16.5. The predicted octanol–water partition coefficient (Wildman–Crippen LogP) is 2.85. The summed E-state index contributed by atoms with van der Waals surface area (Å²) in [6.45, 7) is 5.05. The van der Waals surface area contributed by atoms with Gasteiger partial charge in [-0.3, -0.25) is 0 Å². The SMILES string of the molecule is CC(C)C(CN)(CO)CC1CCC2(CCCCC2)O1. The van der Waals surface area contributed by atoms with E-state index in [1.807, 2.05) is 0 Å². The molecule has 1 saturated carbocycles. The van der Waals surface area contributed by atoms with Gasteiger partial charge in [-0.05, 0) is 38.0 Å². The highest BCUT2D eigenvalue weighted by Gasteiger charge is 2.44. The van der Waals surface area contributed by atoms with Gasteiger partial charge in [-0.2, -0.15) is 0 Å². The van der Waals surface area contributed by atoms with Crippen LogP contribution in [0.3, 0.4) is 0 Å². The maximum absolute atomic E-state index is 9.77.